The molecule has 4 rings (SSSR count). The van der Waals surface area contributed by atoms with Crippen molar-refractivity contribution in [2.45, 2.75) is 45.3 Å². The lowest BCUT2D eigenvalue weighted by atomic mass is 10.1. The predicted molar refractivity (Wildman–Crippen MR) is 109 cm³/mol. The van der Waals surface area contributed by atoms with Crippen LogP contribution in [0.25, 0.3) is 16.6 Å². The Bertz CT molecular complexity index is 1020. The number of halogens is 1. The summed E-state index contributed by atoms with van der Waals surface area (Å²) in [5.74, 6) is 0.279. The van der Waals surface area contributed by atoms with E-state index in [1.54, 1.807) is 45.0 Å². The lowest BCUT2D eigenvalue weighted by Crippen LogP contribution is -2.29. The number of fused-ring (bicyclic) bond motifs is 1. The standard InChI is InChI=1S/C18H16FN3O.C4H10O/c19-13-7-4-8-14-15(13)18(23)22(12-5-2-1-3-6-12)17(21-14)16(20)11-9-10-11;1-4(2,3)5/h1-8,11,16H,9-10,20H2;5H,1-3H3/t16-;/m0./s1. The normalized spacial score (nSPS) is 15.1. The van der Waals surface area contributed by atoms with E-state index in [1.165, 1.54) is 10.6 Å². The van der Waals surface area contributed by atoms with Crippen molar-refractivity contribution in [2.75, 3.05) is 0 Å². The van der Waals surface area contributed by atoms with Gasteiger partial charge in [0.25, 0.3) is 5.56 Å². The molecule has 3 N–H and O–H groups in total. The van der Waals surface area contributed by atoms with Gasteiger partial charge in [0.1, 0.15) is 17.0 Å². The van der Waals surface area contributed by atoms with Crippen molar-refractivity contribution in [3.05, 3.63) is 70.5 Å². The molecule has 1 aliphatic rings. The maximum atomic E-state index is 14.2. The summed E-state index contributed by atoms with van der Waals surface area (Å²) >= 11 is 0. The van der Waals surface area contributed by atoms with Gasteiger partial charge in [-0.15, -0.1) is 0 Å². The molecule has 0 radical (unpaired) electrons. The summed E-state index contributed by atoms with van der Waals surface area (Å²) in [6.07, 6.45) is 2.07. The van der Waals surface area contributed by atoms with Crippen molar-refractivity contribution >= 4 is 10.9 Å². The molecule has 1 fully saturated rings. The van der Waals surface area contributed by atoms with E-state index in [0.29, 0.717) is 22.9 Å². The molecule has 1 saturated carbocycles. The van der Waals surface area contributed by atoms with E-state index in [0.717, 1.165) is 12.8 Å². The summed E-state index contributed by atoms with van der Waals surface area (Å²) < 4.78 is 15.6. The fraction of sp³-hybridized carbons (Fsp3) is 0.364. The van der Waals surface area contributed by atoms with Gasteiger partial charge in [0.15, 0.2) is 0 Å². The molecule has 0 spiro atoms. The fourth-order valence-corrected chi connectivity index (χ4v) is 2.92. The number of aliphatic hydroxyl groups is 1. The van der Waals surface area contributed by atoms with E-state index in [-0.39, 0.29) is 11.4 Å². The van der Waals surface area contributed by atoms with Crippen LogP contribution in [-0.4, -0.2) is 20.3 Å². The van der Waals surface area contributed by atoms with Crippen LogP contribution >= 0.6 is 0 Å². The number of nitrogens with zero attached hydrogens (tertiary/aromatic N) is 2. The molecule has 5 nitrogen and oxygen atoms in total. The zero-order chi connectivity index (χ0) is 20.5. The van der Waals surface area contributed by atoms with E-state index >= 15 is 0 Å². The van der Waals surface area contributed by atoms with E-state index in [4.69, 9.17) is 10.8 Å². The SMILES string of the molecule is CC(C)(C)O.N[C@H](c1nc2cccc(F)c2c(=O)n1-c1ccccc1)C1CC1. The van der Waals surface area contributed by atoms with Gasteiger partial charge in [0.2, 0.25) is 0 Å². The van der Waals surface area contributed by atoms with Crippen molar-refractivity contribution < 1.29 is 9.50 Å². The summed E-state index contributed by atoms with van der Waals surface area (Å²) in [4.78, 5) is 17.5. The molecule has 0 amide bonds. The van der Waals surface area contributed by atoms with E-state index in [1.807, 2.05) is 18.2 Å². The molecule has 1 atom stereocenters. The Morgan fingerprint density at radius 1 is 1.14 bits per heavy atom. The zero-order valence-electron chi connectivity index (χ0n) is 16.4. The van der Waals surface area contributed by atoms with E-state index < -0.39 is 17.0 Å². The number of para-hydroxylation sites is 1. The van der Waals surface area contributed by atoms with Gasteiger partial charge in [0, 0.05) is 0 Å². The first-order valence-corrected chi connectivity index (χ1v) is 9.41. The van der Waals surface area contributed by atoms with Crippen molar-refractivity contribution in [1.82, 2.24) is 9.55 Å². The second-order valence-corrected chi connectivity index (χ2v) is 8.11. The Morgan fingerprint density at radius 3 is 2.32 bits per heavy atom. The Balaban J connectivity index is 0.000000403. The number of benzene rings is 2. The maximum absolute atomic E-state index is 14.2. The van der Waals surface area contributed by atoms with Crippen molar-refractivity contribution in [2.24, 2.45) is 11.7 Å². The van der Waals surface area contributed by atoms with Crippen LogP contribution in [0.15, 0.2) is 53.3 Å². The number of hydrogen-bond acceptors (Lipinski definition) is 4. The fourth-order valence-electron chi connectivity index (χ4n) is 2.92. The molecule has 6 heteroatoms. The minimum atomic E-state index is -0.559. The van der Waals surface area contributed by atoms with Gasteiger partial charge in [-0.3, -0.25) is 9.36 Å². The van der Waals surface area contributed by atoms with Gasteiger partial charge in [0.05, 0.1) is 22.8 Å². The molecule has 3 aromatic rings. The maximum Gasteiger partial charge on any atom is 0.269 e. The molecule has 1 aliphatic carbocycles. The van der Waals surface area contributed by atoms with Crippen LogP contribution in [0.5, 0.6) is 0 Å². The van der Waals surface area contributed by atoms with Crippen LogP contribution in [0, 0.1) is 11.7 Å². The average Bonchev–Trinajstić information content (AvgIpc) is 3.45. The second-order valence-electron chi connectivity index (χ2n) is 8.11. The number of rotatable bonds is 3. The first kappa shape index (κ1) is 20.2. The highest BCUT2D eigenvalue weighted by Crippen LogP contribution is 2.39. The van der Waals surface area contributed by atoms with Crippen LogP contribution < -0.4 is 11.3 Å². The summed E-state index contributed by atoms with van der Waals surface area (Å²) in [5.41, 5.74) is 6.42. The summed E-state index contributed by atoms with van der Waals surface area (Å²) in [7, 11) is 0. The highest BCUT2D eigenvalue weighted by Gasteiger charge is 2.33. The Kier molecular flexibility index (Phi) is 5.63. The lowest BCUT2D eigenvalue weighted by Gasteiger charge is -2.18. The third kappa shape index (κ3) is 4.64. The first-order valence-electron chi connectivity index (χ1n) is 9.41. The summed E-state index contributed by atoms with van der Waals surface area (Å²) in [6, 6.07) is 13.3. The zero-order valence-corrected chi connectivity index (χ0v) is 16.4. The molecule has 0 saturated heterocycles. The Morgan fingerprint density at radius 2 is 1.75 bits per heavy atom. The van der Waals surface area contributed by atoms with Crippen LogP contribution in [-0.2, 0) is 0 Å². The topological polar surface area (TPSA) is 81.1 Å². The van der Waals surface area contributed by atoms with Crippen LogP contribution in [0.3, 0.4) is 0 Å². The molecular formula is C22H26FN3O2. The third-order valence-electron chi connectivity index (χ3n) is 4.32. The van der Waals surface area contributed by atoms with Crippen LogP contribution in [0.2, 0.25) is 0 Å². The van der Waals surface area contributed by atoms with Gasteiger partial charge < -0.3 is 10.8 Å². The first-order chi connectivity index (χ1) is 13.2. The molecule has 28 heavy (non-hydrogen) atoms. The molecule has 0 aliphatic heterocycles. The lowest BCUT2D eigenvalue weighted by molar-refractivity contribution is 0.102. The monoisotopic (exact) mass is 383 g/mol. The highest BCUT2D eigenvalue weighted by molar-refractivity contribution is 5.78. The average molecular weight is 383 g/mol. The largest absolute Gasteiger partial charge is 0.391 e. The molecule has 1 aromatic heterocycles. The van der Waals surface area contributed by atoms with Gasteiger partial charge >= 0.3 is 0 Å². The molecule has 0 unspecified atom stereocenters. The molecule has 0 bridgehead atoms. The van der Waals surface area contributed by atoms with Gasteiger partial charge in [-0.05, 0) is 63.8 Å². The van der Waals surface area contributed by atoms with Crippen molar-refractivity contribution in [3.63, 3.8) is 0 Å². The second kappa shape index (κ2) is 7.81. The summed E-state index contributed by atoms with van der Waals surface area (Å²) in [5, 5.41) is 8.52. The highest BCUT2D eigenvalue weighted by atomic mass is 19.1. The summed E-state index contributed by atoms with van der Waals surface area (Å²) in [6.45, 7) is 5.23. The molecule has 148 valence electrons. The Labute approximate surface area is 163 Å². The minimum absolute atomic E-state index is 0.00287. The van der Waals surface area contributed by atoms with Crippen LogP contribution in [0.4, 0.5) is 4.39 Å². The van der Waals surface area contributed by atoms with E-state index in [2.05, 4.69) is 4.98 Å². The third-order valence-corrected chi connectivity index (χ3v) is 4.32. The molecule has 1 heterocycles. The quantitative estimate of drug-likeness (QED) is 0.722. The molecule has 2 aromatic carbocycles. The van der Waals surface area contributed by atoms with Crippen molar-refractivity contribution in [3.8, 4) is 5.69 Å². The number of nitrogens with two attached hydrogens (primary N) is 1. The minimum Gasteiger partial charge on any atom is -0.391 e. The van der Waals surface area contributed by atoms with Crippen LogP contribution in [0.1, 0.15) is 45.5 Å². The Hall–Kier alpha value is -2.57. The van der Waals surface area contributed by atoms with Gasteiger partial charge in [-0.1, -0.05) is 24.3 Å². The van der Waals surface area contributed by atoms with Crippen molar-refractivity contribution in [1.29, 1.82) is 0 Å². The smallest absolute Gasteiger partial charge is 0.269 e. The van der Waals surface area contributed by atoms with Gasteiger partial charge in [-0.25, -0.2) is 9.37 Å². The molecular weight excluding hydrogens is 357 g/mol. The predicted octanol–water partition coefficient (Wildman–Crippen LogP) is 3.71. The number of aromatic nitrogens is 2. The van der Waals surface area contributed by atoms with E-state index in [9.17, 15) is 9.18 Å². The number of hydrogen-bond donors (Lipinski definition) is 2. The van der Waals surface area contributed by atoms with Gasteiger partial charge in [-0.2, -0.15) is 0 Å².